The van der Waals surface area contributed by atoms with Gasteiger partial charge in [0.15, 0.2) is 6.23 Å². The number of aromatic nitrogens is 3. The Bertz CT molecular complexity index is 649. The van der Waals surface area contributed by atoms with Crippen molar-refractivity contribution in [3.8, 4) is 0 Å². The fourth-order valence-electron chi connectivity index (χ4n) is 2.33. The van der Waals surface area contributed by atoms with Crippen molar-refractivity contribution in [2.45, 2.75) is 24.5 Å². The van der Waals surface area contributed by atoms with Gasteiger partial charge < -0.3 is 30.4 Å². The third-order valence-electron chi connectivity index (χ3n) is 3.33. The molecule has 3 heterocycles. The summed E-state index contributed by atoms with van der Waals surface area (Å²) in [5.41, 5.74) is 5.94. The predicted molar refractivity (Wildman–Crippen MR) is 70.0 cm³/mol. The van der Waals surface area contributed by atoms with Crippen molar-refractivity contribution in [1.29, 1.82) is 0 Å². The van der Waals surface area contributed by atoms with Gasteiger partial charge in [0.1, 0.15) is 29.1 Å². The molecule has 4 atom stereocenters. The number of anilines is 1. The molecule has 0 aromatic carbocycles. The monoisotopic (exact) mass is 300 g/mol. The summed E-state index contributed by atoms with van der Waals surface area (Å²) in [6.07, 6.45) is -2.52. The maximum absolute atomic E-state index is 10.0. The first kappa shape index (κ1) is 13.5. The average molecular weight is 301 g/mol. The average Bonchev–Trinajstić information content (AvgIpc) is 2.93. The van der Waals surface area contributed by atoms with Crippen LogP contribution in [0.4, 0.5) is 5.95 Å². The molecule has 5 N–H and O–H groups in total. The first-order valence-electron chi connectivity index (χ1n) is 5.95. The molecule has 2 aromatic rings. The molecule has 0 spiro atoms. The topological polar surface area (TPSA) is 127 Å². The van der Waals surface area contributed by atoms with E-state index in [0.29, 0.717) is 11.0 Å². The highest BCUT2D eigenvalue weighted by molar-refractivity contribution is 6.34. The summed E-state index contributed by atoms with van der Waals surface area (Å²) in [7, 11) is 0. The van der Waals surface area contributed by atoms with E-state index in [2.05, 4.69) is 9.97 Å². The Morgan fingerprint density at radius 3 is 2.75 bits per heavy atom. The van der Waals surface area contributed by atoms with Gasteiger partial charge in [0.05, 0.1) is 12.0 Å². The second-order valence-electron chi connectivity index (χ2n) is 4.56. The second-order valence-corrected chi connectivity index (χ2v) is 4.92. The number of fused-ring (bicyclic) bond motifs is 1. The fraction of sp³-hybridized carbons (Fsp3) is 0.455. The van der Waals surface area contributed by atoms with Gasteiger partial charge in [0.2, 0.25) is 5.95 Å². The van der Waals surface area contributed by atoms with Gasteiger partial charge in [0.25, 0.3) is 0 Å². The smallest absolute Gasteiger partial charge is 0.223 e. The van der Waals surface area contributed by atoms with Crippen LogP contribution in [-0.2, 0) is 4.74 Å². The molecule has 0 unspecified atom stereocenters. The Hall–Kier alpha value is -1.45. The van der Waals surface area contributed by atoms with Crippen molar-refractivity contribution in [3.63, 3.8) is 0 Å². The molecule has 0 amide bonds. The molecule has 0 radical (unpaired) electrons. The summed E-state index contributed by atoms with van der Waals surface area (Å²) >= 11 is 5.97. The maximum atomic E-state index is 10.0. The van der Waals surface area contributed by atoms with Crippen LogP contribution < -0.4 is 5.73 Å². The van der Waals surface area contributed by atoms with E-state index in [9.17, 15) is 10.2 Å². The molecule has 1 saturated heterocycles. The third-order valence-corrected chi connectivity index (χ3v) is 3.62. The lowest BCUT2D eigenvalue weighted by Crippen LogP contribution is -2.33. The maximum Gasteiger partial charge on any atom is 0.223 e. The number of nitrogens with two attached hydrogens (primary N) is 1. The van der Waals surface area contributed by atoms with E-state index >= 15 is 0 Å². The highest BCUT2D eigenvalue weighted by atomic mass is 35.5. The lowest BCUT2D eigenvalue weighted by molar-refractivity contribution is -0.0508. The van der Waals surface area contributed by atoms with Gasteiger partial charge in [-0.25, -0.2) is 4.98 Å². The van der Waals surface area contributed by atoms with Gasteiger partial charge in [0, 0.05) is 6.20 Å². The van der Waals surface area contributed by atoms with E-state index in [1.165, 1.54) is 4.57 Å². The molecule has 1 aliphatic rings. The zero-order valence-electron chi connectivity index (χ0n) is 10.2. The van der Waals surface area contributed by atoms with E-state index in [-0.39, 0.29) is 11.1 Å². The number of hydrogen-bond acceptors (Lipinski definition) is 7. The van der Waals surface area contributed by atoms with Crippen LogP contribution in [0.3, 0.4) is 0 Å². The van der Waals surface area contributed by atoms with Crippen LogP contribution in [0.15, 0.2) is 12.3 Å². The van der Waals surface area contributed by atoms with Gasteiger partial charge >= 0.3 is 0 Å². The lowest BCUT2D eigenvalue weighted by Gasteiger charge is -2.17. The zero-order valence-corrected chi connectivity index (χ0v) is 11.0. The molecular formula is C11H13ClN4O4. The van der Waals surface area contributed by atoms with Crippen LogP contribution in [0.25, 0.3) is 11.0 Å². The summed E-state index contributed by atoms with van der Waals surface area (Å²) in [4.78, 5) is 7.89. The summed E-state index contributed by atoms with van der Waals surface area (Å²) in [5, 5.41) is 29.6. The molecular weight excluding hydrogens is 288 g/mol. The first-order chi connectivity index (χ1) is 9.52. The van der Waals surface area contributed by atoms with Crippen molar-refractivity contribution in [2.24, 2.45) is 0 Å². The molecule has 108 valence electrons. The van der Waals surface area contributed by atoms with Crippen molar-refractivity contribution in [3.05, 3.63) is 17.4 Å². The Morgan fingerprint density at radius 2 is 2.10 bits per heavy atom. The van der Waals surface area contributed by atoms with Crippen LogP contribution in [0.5, 0.6) is 0 Å². The number of nitrogens with zero attached hydrogens (tertiary/aromatic N) is 3. The Kier molecular flexibility index (Phi) is 3.27. The van der Waals surface area contributed by atoms with Crippen molar-refractivity contribution in [2.75, 3.05) is 12.3 Å². The lowest BCUT2D eigenvalue weighted by atomic mass is 10.1. The van der Waals surface area contributed by atoms with Crippen molar-refractivity contribution < 1.29 is 20.1 Å². The number of nitrogen functional groups attached to an aromatic ring is 1. The molecule has 20 heavy (non-hydrogen) atoms. The van der Waals surface area contributed by atoms with E-state index in [0.717, 1.165) is 0 Å². The minimum Gasteiger partial charge on any atom is -0.394 e. The standard InChI is InChI=1S/C11H13ClN4O4/c12-8-4-1-2-16(9(4)15-11(13)14-8)10-7(19)6(18)5(3-17)20-10/h1-2,5-7,10,17-19H,3H2,(H2,13,14,15)/t5-,6-,7+,10-/m1/s1. The third kappa shape index (κ3) is 1.93. The number of ether oxygens (including phenoxy) is 1. The Labute approximate surface area is 118 Å². The highest BCUT2D eigenvalue weighted by Gasteiger charge is 2.43. The van der Waals surface area contributed by atoms with Gasteiger partial charge in [-0.2, -0.15) is 4.98 Å². The summed E-state index contributed by atoms with van der Waals surface area (Å²) in [6, 6.07) is 1.66. The molecule has 8 nitrogen and oxygen atoms in total. The Balaban J connectivity index is 2.07. The van der Waals surface area contributed by atoms with Crippen molar-refractivity contribution in [1.82, 2.24) is 14.5 Å². The number of hydrogen-bond donors (Lipinski definition) is 4. The highest BCUT2D eigenvalue weighted by Crippen LogP contribution is 2.33. The number of halogens is 1. The van der Waals surface area contributed by atoms with Gasteiger partial charge in [-0.15, -0.1) is 0 Å². The van der Waals surface area contributed by atoms with Gasteiger partial charge in [-0.3, -0.25) is 0 Å². The molecule has 1 fully saturated rings. The van der Waals surface area contributed by atoms with Gasteiger partial charge in [-0.05, 0) is 6.07 Å². The fourth-order valence-corrected chi connectivity index (χ4v) is 2.56. The van der Waals surface area contributed by atoms with E-state index < -0.39 is 31.1 Å². The van der Waals surface area contributed by atoms with Crippen LogP contribution in [0.1, 0.15) is 6.23 Å². The van der Waals surface area contributed by atoms with Crippen molar-refractivity contribution >= 4 is 28.6 Å². The number of aliphatic hydroxyl groups excluding tert-OH is 3. The quantitative estimate of drug-likeness (QED) is 0.539. The van der Waals surface area contributed by atoms with Crippen LogP contribution in [0.2, 0.25) is 5.15 Å². The Morgan fingerprint density at radius 1 is 1.35 bits per heavy atom. The minimum absolute atomic E-state index is 0.00538. The molecule has 0 bridgehead atoms. The molecule has 0 saturated carbocycles. The minimum atomic E-state index is -1.20. The van der Waals surface area contributed by atoms with E-state index in [1.54, 1.807) is 12.3 Å². The molecule has 0 aliphatic carbocycles. The number of rotatable bonds is 2. The molecule has 3 rings (SSSR count). The predicted octanol–water partition coefficient (Wildman–Crippen LogP) is -0.722. The van der Waals surface area contributed by atoms with Crippen LogP contribution >= 0.6 is 11.6 Å². The SMILES string of the molecule is Nc1nc(Cl)c2ccn([C@@H]3O[C@H](CO)[C@@H](O)[C@@H]3O)c2n1. The second kappa shape index (κ2) is 4.83. The number of aliphatic hydroxyl groups is 3. The summed E-state index contributed by atoms with van der Waals surface area (Å²) < 4.78 is 6.94. The van der Waals surface area contributed by atoms with Gasteiger partial charge in [-0.1, -0.05) is 11.6 Å². The molecule has 1 aliphatic heterocycles. The first-order valence-corrected chi connectivity index (χ1v) is 6.32. The molecule has 2 aromatic heterocycles. The van der Waals surface area contributed by atoms with E-state index in [4.69, 9.17) is 27.2 Å². The largest absolute Gasteiger partial charge is 0.394 e. The zero-order chi connectivity index (χ0) is 14.4. The summed E-state index contributed by atoms with van der Waals surface area (Å²) in [6.45, 7) is -0.397. The molecule has 9 heteroatoms. The van der Waals surface area contributed by atoms with Crippen LogP contribution in [0, 0.1) is 0 Å². The van der Waals surface area contributed by atoms with Crippen LogP contribution in [-0.4, -0.2) is 54.8 Å². The normalized spacial score (nSPS) is 30.2. The van der Waals surface area contributed by atoms with E-state index in [1.807, 2.05) is 0 Å². The summed E-state index contributed by atoms with van der Waals surface area (Å²) in [5.74, 6) is -0.00538.